The molecule has 0 aliphatic carbocycles. The predicted molar refractivity (Wildman–Crippen MR) is 102 cm³/mol. The van der Waals surface area contributed by atoms with E-state index in [1.165, 1.54) is 0 Å². The minimum atomic E-state index is -0.0977. The number of ether oxygens (including phenoxy) is 2. The lowest BCUT2D eigenvalue weighted by molar-refractivity contribution is 0.144. The largest absolute Gasteiger partial charge is 0.475 e. The van der Waals surface area contributed by atoms with Crippen molar-refractivity contribution < 1.29 is 23.5 Å². The van der Waals surface area contributed by atoms with Crippen LogP contribution in [-0.4, -0.2) is 52.0 Å². The van der Waals surface area contributed by atoms with Gasteiger partial charge in [0, 0.05) is 24.9 Å². The van der Waals surface area contributed by atoms with E-state index in [2.05, 4.69) is 20.0 Å². The van der Waals surface area contributed by atoms with Crippen molar-refractivity contribution in [3.05, 3.63) is 47.9 Å². The summed E-state index contributed by atoms with van der Waals surface area (Å²) in [7, 11) is 1.62. The molecule has 1 N–H and O–H groups in total. The number of aromatic nitrogens is 3. The number of methoxy groups -OCH3 is 1. The topological polar surface area (TPSA) is 107 Å². The van der Waals surface area contributed by atoms with Crippen molar-refractivity contribution >= 4 is 0 Å². The van der Waals surface area contributed by atoms with Crippen molar-refractivity contribution in [2.75, 3.05) is 26.9 Å². The Morgan fingerprint density at radius 3 is 2.97 bits per heavy atom. The Morgan fingerprint density at radius 1 is 1.24 bits per heavy atom. The van der Waals surface area contributed by atoms with Crippen LogP contribution in [0.3, 0.4) is 0 Å². The second kappa shape index (κ2) is 9.17. The Hall–Kier alpha value is -2.75. The van der Waals surface area contributed by atoms with Gasteiger partial charge in [-0.2, -0.15) is 4.98 Å². The van der Waals surface area contributed by atoms with Crippen LogP contribution in [0.15, 0.2) is 39.4 Å². The van der Waals surface area contributed by atoms with Crippen LogP contribution in [0.1, 0.15) is 36.3 Å². The van der Waals surface area contributed by atoms with Crippen LogP contribution in [-0.2, 0) is 17.9 Å². The smallest absolute Gasteiger partial charge is 0.244 e. The van der Waals surface area contributed by atoms with E-state index in [1.807, 2.05) is 12.1 Å². The van der Waals surface area contributed by atoms with Crippen molar-refractivity contribution in [2.24, 2.45) is 0 Å². The van der Waals surface area contributed by atoms with Crippen molar-refractivity contribution in [2.45, 2.75) is 32.0 Å². The zero-order chi connectivity index (χ0) is 20.1. The van der Waals surface area contributed by atoms with Gasteiger partial charge in [0.05, 0.1) is 19.2 Å². The average Bonchev–Trinajstić information content (AvgIpc) is 3.49. The van der Waals surface area contributed by atoms with Gasteiger partial charge >= 0.3 is 0 Å². The van der Waals surface area contributed by atoms with Gasteiger partial charge in [-0.3, -0.25) is 4.90 Å². The molecular weight excluding hydrogens is 376 g/mol. The maximum atomic E-state index is 9.17. The lowest BCUT2D eigenvalue weighted by Gasteiger charge is -2.19. The fourth-order valence-electron chi connectivity index (χ4n) is 3.43. The molecule has 1 fully saturated rings. The summed E-state index contributed by atoms with van der Waals surface area (Å²) in [5, 5.41) is 13.3. The first-order chi connectivity index (χ1) is 14.3. The summed E-state index contributed by atoms with van der Waals surface area (Å²) in [5.41, 5.74) is 0.783. The Labute approximate surface area is 168 Å². The number of rotatable bonds is 9. The van der Waals surface area contributed by atoms with Crippen molar-refractivity contribution in [3.8, 4) is 17.3 Å². The summed E-state index contributed by atoms with van der Waals surface area (Å²) in [5.74, 6) is 2.96. The van der Waals surface area contributed by atoms with Crippen LogP contribution in [0.25, 0.3) is 11.4 Å². The van der Waals surface area contributed by atoms with Gasteiger partial charge in [0.2, 0.25) is 17.6 Å². The zero-order valence-corrected chi connectivity index (χ0v) is 16.3. The number of furan rings is 1. The van der Waals surface area contributed by atoms with E-state index in [0.717, 1.165) is 30.7 Å². The van der Waals surface area contributed by atoms with Gasteiger partial charge in [0.25, 0.3) is 0 Å². The summed E-state index contributed by atoms with van der Waals surface area (Å²) in [4.78, 5) is 11.1. The second-order valence-electron chi connectivity index (χ2n) is 6.83. The van der Waals surface area contributed by atoms with Crippen molar-refractivity contribution in [1.29, 1.82) is 0 Å². The summed E-state index contributed by atoms with van der Waals surface area (Å²) in [6, 6.07) is 7.33. The third-order valence-electron chi connectivity index (χ3n) is 4.85. The molecule has 4 rings (SSSR count). The normalized spacial score (nSPS) is 17.1. The first-order valence-corrected chi connectivity index (χ1v) is 9.61. The molecule has 1 unspecified atom stereocenters. The van der Waals surface area contributed by atoms with Gasteiger partial charge in [0.1, 0.15) is 24.7 Å². The molecule has 0 aromatic carbocycles. The van der Waals surface area contributed by atoms with Crippen LogP contribution in [0.2, 0.25) is 0 Å². The van der Waals surface area contributed by atoms with Gasteiger partial charge in [-0.05, 0) is 37.6 Å². The molecule has 0 amide bonds. The Morgan fingerprint density at radius 2 is 2.14 bits per heavy atom. The van der Waals surface area contributed by atoms with Gasteiger partial charge in [-0.1, -0.05) is 5.16 Å². The van der Waals surface area contributed by atoms with Gasteiger partial charge < -0.3 is 23.5 Å². The standard InChI is InChI=1S/C20H24N4O5/c1-26-9-10-27-18-11-14(6-7-21-18)19-22-20(29-23-19)17-3-2-8-24(17)12-15-4-5-16(13-25)28-15/h4-7,11,17,25H,2-3,8-10,12-13H2,1H3. The van der Waals surface area contributed by atoms with Crippen LogP contribution in [0.4, 0.5) is 0 Å². The summed E-state index contributed by atoms with van der Waals surface area (Å²) in [6.07, 6.45) is 3.64. The molecule has 1 atom stereocenters. The SMILES string of the molecule is COCCOc1cc(-c2noc(C3CCCN3Cc3ccc(CO)o3)n2)ccn1. The molecule has 0 bridgehead atoms. The molecule has 3 aromatic heterocycles. The minimum absolute atomic E-state index is 0.0400. The van der Waals surface area contributed by atoms with E-state index in [4.69, 9.17) is 18.4 Å². The summed E-state index contributed by atoms with van der Waals surface area (Å²) >= 11 is 0. The van der Waals surface area contributed by atoms with E-state index in [-0.39, 0.29) is 12.6 Å². The summed E-state index contributed by atoms with van der Waals surface area (Å²) < 4.78 is 21.7. The fraction of sp³-hybridized carbons (Fsp3) is 0.450. The Kier molecular flexibility index (Phi) is 6.18. The summed E-state index contributed by atoms with van der Waals surface area (Å²) in [6.45, 7) is 2.37. The maximum absolute atomic E-state index is 9.17. The first kappa shape index (κ1) is 19.6. The number of likely N-dealkylation sites (tertiary alicyclic amines) is 1. The van der Waals surface area contributed by atoms with Crippen molar-refractivity contribution in [3.63, 3.8) is 0 Å². The van der Waals surface area contributed by atoms with Crippen LogP contribution in [0, 0.1) is 0 Å². The molecule has 29 heavy (non-hydrogen) atoms. The van der Waals surface area contributed by atoms with Gasteiger partial charge in [-0.25, -0.2) is 4.98 Å². The van der Waals surface area contributed by atoms with Crippen molar-refractivity contribution in [1.82, 2.24) is 20.0 Å². The molecule has 0 radical (unpaired) electrons. The van der Waals surface area contributed by atoms with Crippen LogP contribution >= 0.6 is 0 Å². The lowest BCUT2D eigenvalue weighted by atomic mass is 10.2. The van der Waals surface area contributed by atoms with Crippen LogP contribution in [0.5, 0.6) is 5.88 Å². The van der Waals surface area contributed by atoms with E-state index in [0.29, 0.717) is 43.1 Å². The molecule has 154 valence electrons. The highest BCUT2D eigenvalue weighted by atomic mass is 16.5. The van der Waals surface area contributed by atoms with Gasteiger partial charge in [-0.15, -0.1) is 0 Å². The molecule has 3 aromatic rings. The van der Waals surface area contributed by atoms with Gasteiger partial charge in [0.15, 0.2) is 0 Å². The Balaban J connectivity index is 1.46. The molecule has 0 saturated carbocycles. The van der Waals surface area contributed by atoms with E-state index in [1.54, 1.807) is 25.4 Å². The monoisotopic (exact) mass is 400 g/mol. The highest BCUT2D eigenvalue weighted by Crippen LogP contribution is 2.33. The van der Waals surface area contributed by atoms with E-state index < -0.39 is 0 Å². The number of hydrogen-bond acceptors (Lipinski definition) is 9. The molecule has 1 aliphatic rings. The number of aliphatic hydroxyl groups excluding tert-OH is 1. The highest BCUT2D eigenvalue weighted by Gasteiger charge is 2.31. The number of hydrogen-bond donors (Lipinski definition) is 1. The fourth-order valence-corrected chi connectivity index (χ4v) is 3.43. The highest BCUT2D eigenvalue weighted by molar-refractivity contribution is 5.55. The average molecular weight is 400 g/mol. The third-order valence-corrected chi connectivity index (χ3v) is 4.85. The predicted octanol–water partition coefficient (Wildman–Crippen LogP) is 2.58. The van der Waals surface area contributed by atoms with E-state index in [9.17, 15) is 5.11 Å². The first-order valence-electron chi connectivity index (χ1n) is 9.61. The minimum Gasteiger partial charge on any atom is -0.475 e. The molecule has 1 saturated heterocycles. The molecule has 4 heterocycles. The maximum Gasteiger partial charge on any atom is 0.244 e. The quantitative estimate of drug-likeness (QED) is 0.542. The lowest BCUT2D eigenvalue weighted by Crippen LogP contribution is -2.22. The second-order valence-corrected chi connectivity index (χ2v) is 6.83. The molecule has 9 nitrogen and oxygen atoms in total. The molecule has 1 aliphatic heterocycles. The zero-order valence-electron chi connectivity index (χ0n) is 16.3. The van der Waals surface area contributed by atoms with E-state index >= 15 is 0 Å². The third kappa shape index (κ3) is 4.64. The molecule has 9 heteroatoms. The number of nitrogens with zero attached hydrogens (tertiary/aromatic N) is 4. The number of aliphatic hydroxyl groups is 1. The van der Waals surface area contributed by atoms with Crippen LogP contribution < -0.4 is 4.74 Å². The molecule has 0 spiro atoms. The molecular formula is C20H24N4O5. The Bertz CT molecular complexity index is 925. The number of pyridine rings is 1.